The molecule has 0 fully saturated rings. The highest BCUT2D eigenvalue weighted by molar-refractivity contribution is 7.99. The summed E-state index contributed by atoms with van der Waals surface area (Å²) >= 11 is 1.61. The van der Waals surface area contributed by atoms with E-state index in [-0.39, 0.29) is 6.61 Å². The first-order valence-electron chi connectivity index (χ1n) is 9.38. The standard InChI is InChI=1S/C22H24N2O5S/c1-14-19(21(25)29-11-12-30-16-7-5-4-6-8-16)20(24-22(26)23-14)17-10-9-15(27-2)13-18(17)28-3/h4-10,13,20H,11-12H2,1-3H3,(H2,23,24,26). The van der Waals surface area contributed by atoms with E-state index in [0.29, 0.717) is 34.1 Å². The molecule has 7 nitrogen and oxygen atoms in total. The molecular formula is C22H24N2O5S. The molecular weight excluding hydrogens is 404 g/mol. The Balaban J connectivity index is 1.75. The molecule has 0 spiro atoms. The van der Waals surface area contributed by atoms with E-state index in [4.69, 9.17) is 14.2 Å². The number of methoxy groups -OCH3 is 2. The Hall–Kier alpha value is -3.13. The summed E-state index contributed by atoms with van der Waals surface area (Å²) in [4.78, 5) is 26.1. The number of nitrogens with one attached hydrogen (secondary N) is 2. The Morgan fingerprint density at radius 3 is 2.57 bits per heavy atom. The van der Waals surface area contributed by atoms with Crippen LogP contribution in [0.15, 0.2) is 64.7 Å². The summed E-state index contributed by atoms with van der Waals surface area (Å²) in [6.45, 7) is 1.92. The molecule has 1 heterocycles. The number of urea groups is 1. The molecule has 2 aromatic carbocycles. The van der Waals surface area contributed by atoms with Crippen molar-refractivity contribution in [3.8, 4) is 11.5 Å². The van der Waals surface area contributed by atoms with Gasteiger partial charge in [0.1, 0.15) is 18.1 Å². The minimum absolute atomic E-state index is 0.246. The molecule has 0 saturated heterocycles. The third-order valence-electron chi connectivity index (χ3n) is 4.57. The van der Waals surface area contributed by atoms with Crippen molar-refractivity contribution in [3.05, 3.63) is 65.4 Å². The number of allylic oxidation sites excluding steroid dienone is 1. The predicted molar refractivity (Wildman–Crippen MR) is 115 cm³/mol. The highest BCUT2D eigenvalue weighted by atomic mass is 32.2. The van der Waals surface area contributed by atoms with Gasteiger partial charge in [0, 0.05) is 28.0 Å². The second kappa shape index (κ2) is 10.1. The lowest BCUT2D eigenvalue weighted by molar-refractivity contribution is -0.138. The van der Waals surface area contributed by atoms with Gasteiger partial charge >= 0.3 is 12.0 Å². The smallest absolute Gasteiger partial charge is 0.338 e. The van der Waals surface area contributed by atoms with Gasteiger partial charge in [-0.15, -0.1) is 11.8 Å². The number of rotatable bonds is 8. The Labute approximate surface area is 179 Å². The van der Waals surface area contributed by atoms with Crippen LogP contribution in [0, 0.1) is 0 Å². The molecule has 3 rings (SSSR count). The number of esters is 1. The Kier molecular flexibility index (Phi) is 7.24. The van der Waals surface area contributed by atoms with Gasteiger partial charge in [0.15, 0.2) is 0 Å². The zero-order chi connectivity index (χ0) is 21.5. The molecule has 2 aromatic rings. The molecule has 2 N–H and O–H groups in total. The lowest BCUT2D eigenvalue weighted by Gasteiger charge is -2.29. The molecule has 0 aromatic heterocycles. The number of amides is 2. The number of carbonyl (C=O) groups is 2. The largest absolute Gasteiger partial charge is 0.497 e. The highest BCUT2D eigenvalue weighted by Gasteiger charge is 2.34. The van der Waals surface area contributed by atoms with Gasteiger partial charge in [-0.05, 0) is 31.2 Å². The van der Waals surface area contributed by atoms with Gasteiger partial charge in [0.25, 0.3) is 0 Å². The number of hydrogen-bond donors (Lipinski definition) is 2. The zero-order valence-corrected chi connectivity index (χ0v) is 17.9. The molecule has 8 heteroatoms. The van der Waals surface area contributed by atoms with Crippen LogP contribution >= 0.6 is 11.8 Å². The minimum Gasteiger partial charge on any atom is -0.497 e. The number of thioether (sulfide) groups is 1. The molecule has 30 heavy (non-hydrogen) atoms. The lowest BCUT2D eigenvalue weighted by atomic mass is 9.94. The number of hydrogen-bond acceptors (Lipinski definition) is 6. The first-order chi connectivity index (χ1) is 14.5. The fourth-order valence-corrected chi connectivity index (χ4v) is 3.89. The van der Waals surface area contributed by atoms with E-state index in [1.54, 1.807) is 44.0 Å². The third kappa shape index (κ3) is 5.07. The molecule has 2 amide bonds. The van der Waals surface area contributed by atoms with Crippen LogP contribution in [0.4, 0.5) is 4.79 Å². The first kappa shape index (κ1) is 21.6. The summed E-state index contributed by atoms with van der Waals surface area (Å²) in [6.07, 6.45) is 0. The van der Waals surface area contributed by atoms with Gasteiger partial charge in [0.2, 0.25) is 0 Å². The maximum absolute atomic E-state index is 12.9. The van der Waals surface area contributed by atoms with E-state index < -0.39 is 18.0 Å². The number of carbonyl (C=O) groups excluding carboxylic acids is 2. The van der Waals surface area contributed by atoms with Gasteiger partial charge in [-0.25, -0.2) is 9.59 Å². The SMILES string of the molecule is COc1ccc(C2NC(=O)NC(C)=C2C(=O)OCCSc2ccccc2)c(OC)c1. The molecule has 0 radical (unpaired) electrons. The average Bonchev–Trinajstić information content (AvgIpc) is 2.76. The number of ether oxygens (including phenoxy) is 3. The maximum atomic E-state index is 12.9. The summed E-state index contributed by atoms with van der Waals surface area (Å²) in [7, 11) is 3.08. The monoisotopic (exact) mass is 428 g/mol. The van der Waals surface area contributed by atoms with Crippen molar-refractivity contribution in [1.82, 2.24) is 10.6 Å². The quantitative estimate of drug-likeness (QED) is 0.379. The van der Waals surface area contributed by atoms with Gasteiger partial charge in [0.05, 0.1) is 25.8 Å². The first-order valence-corrected chi connectivity index (χ1v) is 10.4. The summed E-state index contributed by atoms with van der Waals surface area (Å²) in [6, 6.07) is 14.0. The lowest BCUT2D eigenvalue weighted by Crippen LogP contribution is -2.45. The van der Waals surface area contributed by atoms with Crippen molar-refractivity contribution in [2.75, 3.05) is 26.6 Å². The van der Waals surface area contributed by atoms with Crippen LogP contribution in [0.1, 0.15) is 18.5 Å². The molecule has 1 aliphatic rings. The van der Waals surface area contributed by atoms with E-state index in [0.717, 1.165) is 4.90 Å². The zero-order valence-electron chi connectivity index (χ0n) is 17.1. The van der Waals surface area contributed by atoms with Crippen LogP contribution in [0.5, 0.6) is 11.5 Å². The van der Waals surface area contributed by atoms with Crippen LogP contribution in [-0.2, 0) is 9.53 Å². The third-order valence-corrected chi connectivity index (χ3v) is 5.55. The summed E-state index contributed by atoms with van der Waals surface area (Å²) in [5.74, 6) is 1.24. The van der Waals surface area contributed by atoms with Crippen molar-refractivity contribution in [1.29, 1.82) is 0 Å². The van der Waals surface area contributed by atoms with Crippen LogP contribution in [0.3, 0.4) is 0 Å². The molecule has 0 saturated carbocycles. The Morgan fingerprint density at radius 1 is 1.10 bits per heavy atom. The fourth-order valence-electron chi connectivity index (χ4n) is 3.14. The fraction of sp³-hybridized carbons (Fsp3) is 0.273. The molecule has 1 unspecified atom stereocenters. The van der Waals surface area contributed by atoms with Crippen molar-refractivity contribution in [2.24, 2.45) is 0 Å². The molecule has 158 valence electrons. The molecule has 1 aliphatic heterocycles. The van der Waals surface area contributed by atoms with E-state index in [9.17, 15) is 9.59 Å². The normalized spacial score (nSPS) is 15.8. The van der Waals surface area contributed by atoms with Gasteiger partial charge in [-0.3, -0.25) is 0 Å². The topological polar surface area (TPSA) is 85.9 Å². The number of benzene rings is 2. The summed E-state index contributed by atoms with van der Waals surface area (Å²) < 4.78 is 16.2. The Morgan fingerprint density at radius 2 is 1.87 bits per heavy atom. The second-order valence-electron chi connectivity index (χ2n) is 6.48. The molecule has 0 aliphatic carbocycles. The summed E-state index contributed by atoms with van der Waals surface area (Å²) in [5.41, 5.74) is 1.42. The van der Waals surface area contributed by atoms with Crippen LogP contribution in [0.25, 0.3) is 0 Å². The van der Waals surface area contributed by atoms with E-state index in [2.05, 4.69) is 10.6 Å². The second-order valence-corrected chi connectivity index (χ2v) is 7.64. The minimum atomic E-state index is -0.700. The van der Waals surface area contributed by atoms with Gasteiger partial charge in [-0.1, -0.05) is 18.2 Å². The van der Waals surface area contributed by atoms with Gasteiger partial charge in [-0.2, -0.15) is 0 Å². The average molecular weight is 429 g/mol. The van der Waals surface area contributed by atoms with Crippen LogP contribution in [0.2, 0.25) is 0 Å². The predicted octanol–water partition coefficient (Wildman–Crippen LogP) is 3.67. The molecule has 0 bridgehead atoms. The van der Waals surface area contributed by atoms with Gasteiger partial charge < -0.3 is 24.8 Å². The van der Waals surface area contributed by atoms with E-state index in [1.165, 1.54) is 7.11 Å². The van der Waals surface area contributed by atoms with Crippen molar-refractivity contribution in [3.63, 3.8) is 0 Å². The van der Waals surface area contributed by atoms with E-state index in [1.807, 2.05) is 30.3 Å². The Bertz CT molecular complexity index is 946. The van der Waals surface area contributed by atoms with E-state index >= 15 is 0 Å². The van der Waals surface area contributed by atoms with Crippen LogP contribution < -0.4 is 20.1 Å². The van der Waals surface area contributed by atoms with Crippen molar-refractivity contribution >= 4 is 23.8 Å². The van der Waals surface area contributed by atoms with Crippen LogP contribution in [-0.4, -0.2) is 38.6 Å². The van der Waals surface area contributed by atoms with Crippen molar-refractivity contribution < 1.29 is 23.8 Å². The molecule has 1 atom stereocenters. The maximum Gasteiger partial charge on any atom is 0.338 e. The van der Waals surface area contributed by atoms with Crippen molar-refractivity contribution in [2.45, 2.75) is 17.9 Å². The highest BCUT2D eigenvalue weighted by Crippen LogP contribution is 2.35. The summed E-state index contributed by atoms with van der Waals surface area (Å²) in [5, 5.41) is 5.43.